The average molecular weight is 753 g/mol. The Bertz CT molecular complexity index is 2390. The quantitative estimate of drug-likeness (QED) is 0.0713. The van der Waals surface area contributed by atoms with Crippen LogP contribution in [0.2, 0.25) is 0 Å². The topological polar surface area (TPSA) is 164 Å². The van der Waals surface area contributed by atoms with E-state index in [0.29, 0.717) is 16.5 Å². The zero-order chi connectivity index (χ0) is 39.2. The fourth-order valence-corrected chi connectivity index (χ4v) is 5.71. The number of esters is 1. The molecule has 280 valence electrons. The molecular weight excluding hydrogens is 723 g/mol. The third-order valence-electron chi connectivity index (χ3n) is 8.32. The third-order valence-corrected chi connectivity index (χ3v) is 8.32. The average Bonchev–Trinajstić information content (AvgIpc) is 3.13. The summed E-state index contributed by atoms with van der Waals surface area (Å²) in [5.41, 5.74) is -0.793. The lowest BCUT2D eigenvalue weighted by molar-refractivity contribution is -0.294. The summed E-state index contributed by atoms with van der Waals surface area (Å²) in [7, 11) is 0. The number of carbonyl (C=O) groups is 2. The van der Waals surface area contributed by atoms with E-state index in [2.05, 4.69) is 4.74 Å². The predicted molar refractivity (Wildman–Crippen MR) is 184 cm³/mol. The summed E-state index contributed by atoms with van der Waals surface area (Å²) in [4.78, 5) is 48.2. The van der Waals surface area contributed by atoms with E-state index in [1.165, 1.54) is 24.3 Å². The van der Waals surface area contributed by atoms with Crippen molar-refractivity contribution in [3.63, 3.8) is 0 Å². The first-order valence-corrected chi connectivity index (χ1v) is 16.0. The van der Waals surface area contributed by atoms with Crippen LogP contribution in [-0.2, 0) is 14.3 Å². The number of carboxylic acid groups (broad SMARTS) is 1. The molecular formula is C39H29F5O10. The molecule has 0 bridgehead atoms. The number of alkyl halides is 5. The minimum atomic E-state index is -5.89. The molecule has 0 fully saturated rings. The van der Waals surface area contributed by atoms with Crippen LogP contribution in [0, 0.1) is 0 Å². The van der Waals surface area contributed by atoms with Crippen molar-refractivity contribution in [2.75, 3.05) is 6.61 Å². The number of benzene rings is 4. The van der Waals surface area contributed by atoms with E-state index >= 15 is 0 Å². The van der Waals surface area contributed by atoms with E-state index in [0.717, 1.165) is 0 Å². The Hall–Kier alpha value is -6.51. The third kappa shape index (κ3) is 8.57. The molecule has 10 nitrogen and oxygen atoms in total. The van der Waals surface area contributed by atoms with Crippen LogP contribution in [0.25, 0.3) is 21.9 Å². The van der Waals surface area contributed by atoms with Crippen molar-refractivity contribution in [2.24, 2.45) is 0 Å². The van der Waals surface area contributed by atoms with E-state index in [1.54, 1.807) is 84.9 Å². The molecule has 0 amide bonds. The summed E-state index contributed by atoms with van der Waals surface area (Å²) in [6.07, 6.45) is -6.99. The van der Waals surface area contributed by atoms with Gasteiger partial charge in [0.15, 0.2) is 6.61 Å². The number of rotatable bonds is 10. The minimum absolute atomic E-state index is 0.0303. The lowest BCUT2D eigenvalue weighted by Gasteiger charge is -2.21. The van der Waals surface area contributed by atoms with Crippen LogP contribution in [0.15, 0.2) is 128 Å². The van der Waals surface area contributed by atoms with Crippen molar-refractivity contribution in [3.8, 4) is 11.5 Å². The fourth-order valence-electron chi connectivity index (χ4n) is 5.71. The Balaban J connectivity index is 0.000000217. The molecule has 2 atom stereocenters. The molecule has 3 N–H and O–H groups in total. The molecule has 4 aromatic carbocycles. The molecule has 2 heterocycles. The van der Waals surface area contributed by atoms with Crippen LogP contribution < -0.4 is 11.3 Å². The van der Waals surface area contributed by atoms with Crippen LogP contribution in [-0.4, -0.2) is 46.0 Å². The Morgan fingerprint density at radius 1 is 0.611 bits per heavy atom. The summed E-state index contributed by atoms with van der Waals surface area (Å²) in [5.74, 6) is -10.4. The highest BCUT2D eigenvalue weighted by Gasteiger charge is 2.58. The van der Waals surface area contributed by atoms with Crippen molar-refractivity contribution >= 4 is 33.9 Å². The summed E-state index contributed by atoms with van der Waals surface area (Å²) in [6.45, 7) is -2.20. The number of aliphatic carboxylic acids is 1. The second-order valence-electron chi connectivity index (χ2n) is 11.9. The standard InChI is InChI=1S/C21H15F5O5.C18H14O5/c22-20(23,21(24,25)26)11-30-16(27)10-14(12-6-2-1-3-7-12)17-18(28)13-8-4-5-9-15(13)31-19(17)29;19-15(20)10-13(11-6-2-1-3-7-11)16-17(21)12-8-4-5-9-14(12)23-18(16)22/h1-9,14,28H,10-11H2;1-9,13,21H,10H2,(H,19,20). The number of carboxylic acids is 1. The van der Waals surface area contributed by atoms with Crippen molar-refractivity contribution in [3.05, 3.63) is 152 Å². The first-order chi connectivity index (χ1) is 25.6. The fraction of sp³-hybridized carbons (Fsp3) is 0.179. The maximum Gasteiger partial charge on any atom is 0.456 e. The number of hydrogen-bond donors (Lipinski definition) is 3. The number of halogens is 5. The van der Waals surface area contributed by atoms with Crippen LogP contribution in [0.4, 0.5) is 22.0 Å². The maximum atomic E-state index is 13.1. The SMILES string of the molecule is O=C(CC(c1ccccc1)c1c(O)c2ccccc2oc1=O)OCC(F)(F)C(F)(F)F.O=C(O)CC(c1ccccc1)c1c(O)c2ccccc2oc1=O. The van der Waals surface area contributed by atoms with Gasteiger partial charge in [-0.2, -0.15) is 22.0 Å². The van der Waals surface area contributed by atoms with Gasteiger partial charge in [-0.1, -0.05) is 84.9 Å². The molecule has 0 saturated carbocycles. The Morgan fingerprint density at radius 2 is 1.00 bits per heavy atom. The van der Waals surface area contributed by atoms with E-state index in [4.69, 9.17) is 8.83 Å². The van der Waals surface area contributed by atoms with Crippen LogP contribution in [0.1, 0.15) is 46.9 Å². The second-order valence-corrected chi connectivity index (χ2v) is 11.9. The van der Waals surface area contributed by atoms with Gasteiger partial charge in [-0.3, -0.25) is 9.59 Å². The van der Waals surface area contributed by atoms with Gasteiger partial charge in [0.2, 0.25) is 0 Å². The number of aromatic hydroxyl groups is 2. The van der Waals surface area contributed by atoms with E-state index in [1.807, 2.05) is 0 Å². The predicted octanol–water partition coefficient (Wildman–Crippen LogP) is 7.87. The number of carbonyl (C=O) groups excluding carboxylic acids is 1. The van der Waals surface area contributed by atoms with Gasteiger partial charge in [0.1, 0.15) is 22.7 Å². The normalized spacial score (nSPS) is 12.8. The molecule has 54 heavy (non-hydrogen) atoms. The molecule has 6 aromatic rings. The summed E-state index contributed by atoms with van der Waals surface area (Å²) >= 11 is 0. The molecule has 6 rings (SSSR count). The molecule has 0 aliphatic rings. The van der Waals surface area contributed by atoms with Crippen molar-refractivity contribution in [2.45, 2.75) is 36.8 Å². The van der Waals surface area contributed by atoms with Gasteiger partial charge in [0, 0.05) is 11.8 Å². The van der Waals surface area contributed by atoms with Crippen LogP contribution in [0.5, 0.6) is 11.5 Å². The summed E-state index contributed by atoms with van der Waals surface area (Å²) in [5, 5.41) is 30.9. The Labute approximate surface area is 301 Å². The molecule has 15 heteroatoms. The van der Waals surface area contributed by atoms with Crippen molar-refractivity contribution in [1.82, 2.24) is 0 Å². The van der Waals surface area contributed by atoms with Gasteiger partial charge < -0.3 is 28.9 Å². The van der Waals surface area contributed by atoms with Gasteiger partial charge in [0.05, 0.1) is 34.7 Å². The van der Waals surface area contributed by atoms with Crippen molar-refractivity contribution < 1.29 is 60.4 Å². The second kappa shape index (κ2) is 16.0. The van der Waals surface area contributed by atoms with Gasteiger partial charge in [0.25, 0.3) is 0 Å². The first kappa shape index (κ1) is 38.7. The lowest BCUT2D eigenvalue weighted by atomic mass is 9.88. The Morgan fingerprint density at radius 3 is 1.41 bits per heavy atom. The van der Waals surface area contributed by atoms with Gasteiger partial charge in [-0.25, -0.2) is 9.59 Å². The van der Waals surface area contributed by atoms with Gasteiger partial charge in [-0.15, -0.1) is 0 Å². The molecule has 0 saturated heterocycles. The monoisotopic (exact) mass is 752 g/mol. The van der Waals surface area contributed by atoms with Gasteiger partial charge in [-0.05, 0) is 35.4 Å². The maximum absolute atomic E-state index is 13.1. The highest BCUT2D eigenvalue weighted by Crippen LogP contribution is 2.39. The van der Waals surface area contributed by atoms with E-state index in [9.17, 15) is 56.4 Å². The number of fused-ring (bicyclic) bond motifs is 2. The van der Waals surface area contributed by atoms with E-state index in [-0.39, 0.29) is 39.8 Å². The summed E-state index contributed by atoms with van der Waals surface area (Å²) < 4.78 is 77.6. The largest absolute Gasteiger partial charge is 0.507 e. The molecule has 2 unspecified atom stereocenters. The zero-order valence-corrected chi connectivity index (χ0v) is 27.8. The molecule has 0 spiro atoms. The molecule has 0 aliphatic heterocycles. The zero-order valence-electron chi connectivity index (χ0n) is 27.8. The van der Waals surface area contributed by atoms with Crippen molar-refractivity contribution in [1.29, 1.82) is 0 Å². The highest BCUT2D eigenvalue weighted by atomic mass is 19.4. The smallest absolute Gasteiger partial charge is 0.456 e. The molecule has 0 aliphatic carbocycles. The molecule has 2 aromatic heterocycles. The van der Waals surface area contributed by atoms with Crippen LogP contribution in [0.3, 0.4) is 0 Å². The highest BCUT2D eigenvalue weighted by molar-refractivity contribution is 5.85. The minimum Gasteiger partial charge on any atom is -0.507 e. The number of ether oxygens (including phenoxy) is 1. The van der Waals surface area contributed by atoms with E-state index < -0.39 is 65.9 Å². The first-order valence-electron chi connectivity index (χ1n) is 16.0. The Kier molecular flexibility index (Phi) is 11.5. The molecule has 0 radical (unpaired) electrons. The van der Waals surface area contributed by atoms with Gasteiger partial charge >= 0.3 is 35.3 Å². The van der Waals surface area contributed by atoms with Crippen LogP contribution >= 0.6 is 0 Å². The number of para-hydroxylation sites is 2. The summed E-state index contributed by atoms with van der Waals surface area (Å²) in [6, 6.07) is 29.1. The lowest BCUT2D eigenvalue weighted by Crippen LogP contribution is -2.41. The number of hydrogen-bond acceptors (Lipinski definition) is 9.